The van der Waals surface area contributed by atoms with Crippen molar-refractivity contribution < 1.29 is 41.8 Å². The first-order chi connectivity index (χ1) is 17.0. The molecule has 0 radical (unpaired) electrons. The van der Waals surface area contributed by atoms with E-state index in [1.807, 2.05) is 6.92 Å². The number of halogens is 3. The number of alkyl halides is 3. The fourth-order valence-corrected chi connectivity index (χ4v) is 4.05. The van der Waals surface area contributed by atoms with Gasteiger partial charge in [0.1, 0.15) is 34.8 Å². The van der Waals surface area contributed by atoms with Crippen molar-refractivity contribution in [2.24, 2.45) is 0 Å². The predicted molar refractivity (Wildman–Crippen MR) is 124 cm³/mol. The molecule has 3 aromatic rings. The summed E-state index contributed by atoms with van der Waals surface area (Å²) in [6.07, 6.45) is -4.88. The number of nitrogens with zero attached hydrogens (tertiary/aromatic N) is 1. The van der Waals surface area contributed by atoms with Crippen LogP contribution in [-0.2, 0) is 9.59 Å². The zero-order valence-electron chi connectivity index (χ0n) is 19.6. The molecule has 1 saturated heterocycles. The molecule has 0 spiro atoms. The summed E-state index contributed by atoms with van der Waals surface area (Å²) in [6, 6.07) is 11.4. The Morgan fingerprint density at radius 2 is 1.75 bits per heavy atom. The largest absolute Gasteiger partial charge is 0.573 e. The van der Waals surface area contributed by atoms with Crippen molar-refractivity contribution >= 4 is 23.1 Å². The number of benzene rings is 2. The van der Waals surface area contributed by atoms with Crippen LogP contribution in [0.25, 0.3) is 5.76 Å². The van der Waals surface area contributed by atoms with E-state index in [4.69, 9.17) is 9.15 Å². The van der Waals surface area contributed by atoms with Gasteiger partial charge in [0.2, 0.25) is 0 Å². The van der Waals surface area contributed by atoms with Crippen molar-refractivity contribution in [3.05, 3.63) is 82.8 Å². The van der Waals surface area contributed by atoms with E-state index < -0.39 is 35.6 Å². The highest BCUT2D eigenvalue weighted by atomic mass is 19.4. The van der Waals surface area contributed by atoms with Gasteiger partial charge < -0.3 is 19.0 Å². The number of aliphatic hydroxyl groups is 1. The van der Waals surface area contributed by atoms with Crippen LogP contribution in [0, 0.1) is 13.8 Å². The Morgan fingerprint density at radius 1 is 1.06 bits per heavy atom. The molecule has 1 unspecified atom stereocenters. The Kier molecular flexibility index (Phi) is 6.53. The molecule has 10 heteroatoms. The monoisotopic (exact) mass is 501 g/mol. The molecule has 2 heterocycles. The minimum atomic E-state index is -4.88. The van der Waals surface area contributed by atoms with E-state index >= 15 is 0 Å². The number of Topliss-reactive ketones (excluding diaryl/α,β-unsaturated/α-hetero) is 1. The Labute approximate surface area is 204 Å². The average molecular weight is 501 g/mol. The van der Waals surface area contributed by atoms with Crippen molar-refractivity contribution in [1.29, 1.82) is 0 Å². The normalized spacial score (nSPS) is 17.5. The molecule has 188 valence electrons. The van der Waals surface area contributed by atoms with Gasteiger partial charge in [-0.2, -0.15) is 0 Å². The summed E-state index contributed by atoms with van der Waals surface area (Å²) in [5.41, 5.74) is 0.901. The van der Waals surface area contributed by atoms with E-state index in [1.54, 1.807) is 44.2 Å². The lowest BCUT2D eigenvalue weighted by atomic mass is 9.98. The molecule has 0 aliphatic carbocycles. The fraction of sp³-hybridized carbons (Fsp3) is 0.231. The minimum absolute atomic E-state index is 0.118. The third-order valence-corrected chi connectivity index (χ3v) is 5.57. The van der Waals surface area contributed by atoms with Crippen LogP contribution in [0.1, 0.15) is 35.6 Å². The SMILES string of the molecule is CCOc1ccc(/C(O)=C2/C(=O)C(=O)N(c3ccc(OC(F)(F)F)cc3)C2c2ccc(C)o2)cc1C. The second kappa shape index (κ2) is 9.44. The fourth-order valence-electron chi connectivity index (χ4n) is 4.05. The van der Waals surface area contributed by atoms with Crippen LogP contribution in [0.3, 0.4) is 0 Å². The zero-order chi connectivity index (χ0) is 26.2. The van der Waals surface area contributed by atoms with Gasteiger partial charge in [0.25, 0.3) is 11.7 Å². The van der Waals surface area contributed by atoms with E-state index in [9.17, 15) is 27.9 Å². The van der Waals surface area contributed by atoms with Gasteiger partial charge in [0.05, 0.1) is 12.2 Å². The molecule has 1 aromatic heterocycles. The van der Waals surface area contributed by atoms with Gasteiger partial charge in [-0.3, -0.25) is 14.5 Å². The summed E-state index contributed by atoms with van der Waals surface area (Å²) < 4.78 is 52.8. The standard InChI is InChI=1S/C26H22F3NO6/c1-4-34-19-12-6-16(13-14(19)2)23(31)21-22(20-11-5-15(3)35-20)30(25(33)24(21)32)17-7-9-18(10-8-17)36-26(27,28)29/h5-13,22,31H,4H2,1-3H3/b23-21-. The molecule has 2 aromatic carbocycles. The minimum Gasteiger partial charge on any atom is -0.507 e. The summed E-state index contributed by atoms with van der Waals surface area (Å²) in [6.45, 7) is 5.73. The number of aryl methyl sites for hydroxylation is 2. The molecule has 0 bridgehead atoms. The van der Waals surface area contributed by atoms with Crippen molar-refractivity contribution in [3.8, 4) is 11.5 Å². The molecular weight excluding hydrogens is 479 g/mol. The van der Waals surface area contributed by atoms with Crippen molar-refractivity contribution in [2.75, 3.05) is 11.5 Å². The quantitative estimate of drug-likeness (QED) is 0.260. The Hall–Kier alpha value is -4.21. The highest BCUT2D eigenvalue weighted by molar-refractivity contribution is 6.51. The lowest BCUT2D eigenvalue weighted by molar-refractivity contribution is -0.274. The van der Waals surface area contributed by atoms with Crippen LogP contribution < -0.4 is 14.4 Å². The molecule has 4 rings (SSSR count). The number of furan rings is 1. The second-order valence-electron chi connectivity index (χ2n) is 8.07. The number of ketones is 1. The number of aliphatic hydroxyl groups excluding tert-OH is 1. The van der Waals surface area contributed by atoms with Crippen molar-refractivity contribution in [3.63, 3.8) is 0 Å². The number of amides is 1. The summed E-state index contributed by atoms with van der Waals surface area (Å²) in [5, 5.41) is 11.2. The van der Waals surface area contributed by atoms with E-state index in [1.165, 1.54) is 12.1 Å². The van der Waals surface area contributed by atoms with Gasteiger partial charge in [-0.25, -0.2) is 0 Å². The van der Waals surface area contributed by atoms with E-state index in [-0.39, 0.29) is 22.6 Å². The zero-order valence-corrected chi connectivity index (χ0v) is 19.6. The number of anilines is 1. The maximum Gasteiger partial charge on any atom is 0.573 e. The summed E-state index contributed by atoms with van der Waals surface area (Å²) in [4.78, 5) is 27.3. The van der Waals surface area contributed by atoms with Gasteiger partial charge in [0, 0.05) is 11.3 Å². The molecule has 1 atom stereocenters. The number of hydrogen-bond donors (Lipinski definition) is 1. The van der Waals surface area contributed by atoms with Gasteiger partial charge in [0.15, 0.2) is 0 Å². The van der Waals surface area contributed by atoms with E-state index in [0.717, 1.165) is 17.0 Å². The smallest absolute Gasteiger partial charge is 0.507 e. The molecule has 1 aliphatic heterocycles. The maximum absolute atomic E-state index is 13.2. The van der Waals surface area contributed by atoms with Gasteiger partial charge in [-0.05, 0) is 80.9 Å². The summed E-state index contributed by atoms with van der Waals surface area (Å²) in [5.74, 6) is -1.53. The average Bonchev–Trinajstić information content (AvgIpc) is 3.35. The van der Waals surface area contributed by atoms with Crippen LogP contribution in [0.4, 0.5) is 18.9 Å². The number of ether oxygens (including phenoxy) is 2. The molecule has 36 heavy (non-hydrogen) atoms. The first-order valence-corrected chi connectivity index (χ1v) is 11.0. The van der Waals surface area contributed by atoms with E-state index in [2.05, 4.69) is 4.74 Å². The Bertz CT molecular complexity index is 1340. The third-order valence-electron chi connectivity index (χ3n) is 5.57. The lowest BCUT2D eigenvalue weighted by Gasteiger charge is -2.23. The number of carbonyl (C=O) groups is 2. The molecule has 1 aliphatic rings. The van der Waals surface area contributed by atoms with Crippen LogP contribution in [0.5, 0.6) is 11.5 Å². The Morgan fingerprint density at radius 3 is 2.31 bits per heavy atom. The van der Waals surface area contributed by atoms with Gasteiger partial charge in [-0.1, -0.05) is 0 Å². The van der Waals surface area contributed by atoms with Gasteiger partial charge >= 0.3 is 6.36 Å². The summed E-state index contributed by atoms with van der Waals surface area (Å²) >= 11 is 0. The second-order valence-corrected chi connectivity index (χ2v) is 8.07. The lowest BCUT2D eigenvalue weighted by Crippen LogP contribution is -2.29. The van der Waals surface area contributed by atoms with Crippen LogP contribution in [0.15, 0.2) is 64.6 Å². The number of carbonyl (C=O) groups excluding carboxylic acids is 2. The van der Waals surface area contributed by atoms with Crippen molar-refractivity contribution in [2.45, 2.75) is 33.2 Å². The highest BCUT2D eigenvalue weighted by Crippen LogP contribution is 2.43. The molecular formula is C26H22F3NO6. The first-order valence-electron chi connectivity index (χ1n) is 11.0. The van der Waals surface area contributed by atoms with Gasteiger partial charge in [-0.15, -0.1) is 13.2 Å². The molecule has 1 N–H and O–H groups in total. The number of rotatable bonds is 6. The molecule has 1 amide bonds. The van der Waals surface area contributed by atoms with Crippen molar-refractivity contribution in [1.82, 2.24) is 0 Å². The molecule has 7 nitrogen and oxygen atoms in total. The topological polar surface area (TPSA) is 89.2 Å². The molecule has 0 saturated carbocycles. The summed E-state index contributed by atoms with van der Waals surface area (Å²) in [7, 11) is 0. The Balaban J connectivity index is 1.82. The first kappa shape index (κ1) is 24.9. The van der Waals surface area contributed by atoms with Crippen LogP contribution in [-0.4, -0.2) is 29.8 Å². The van der Waals surface area contributed by atoms with E-state index in [0.29, 0.717) is 23.7 Å². The predicted octanol–water partition coefficient (Wildman–Crippen LogP) is 5.82. The van der Waals surface area contributed by atoms with Crippen LogP contribution in [0.2, 0.25) is 0 Å². The maximum atomic E-state index is 13.2. The van der Waals surface area contributed by atoms with Crippen LogP contribution >= 0.6 is 0 Å². The third kappa shape index (κ3) is 4.79. The molecule has 1 fully saturated rings. The number of hydrogen-bond acceptors (Lipinski definition) is 6. The highest BCUT2D eigenvalue weighted by Gasteiger charge is 2.48.